The second kappa shape index (κ2) is 9.76. The van der Waals surface area contributed by atoms with Crippen molar-refractivity contribution in [2.75, 3.05) is 6.54 Å². The zero-order chi connectivity index (χ0) is 23.5. The summed E-state index contributed by atoms with van der Waals surface area (Å²) in [5, 5.41) is 15.6. The standard InChI is InChI=1S/C20H25FN4O6S/c1-11(2)17(25-32(29,30)14-5-3-12(21)4-6-14)19(27)24-15-9-13-10-23-16(31-13)7-8-22-20(28)18(15)26/h3-6,10-11,15,17-18,25-26H,7-9H2,1-2H3,(H,22,28)(H,24,27). The van der Waals surface area contributed by atoms with Gasteiger partial charge >= 0.3 is 0 Å². The molecule has 2 aromatic rings. The van der Waals surface area contributed by atoms with Crippen LogP contribution in [0.2, 0.25) is 0 Å². The summed E-state index contributed by atoms with van der Waals surface area (Å²) in [6.45, 7) is 3.47. The molecule has 0 radical (unpaired) electrons. The summed E-state index contributed by atoms with van der Waals surface area (Å²) < 4.78 is 46.4. The van der Waals surface area contributed by atoms with Gasteiger partial charge in [-0.1, -0.05) is 13.8 Å². The van der Waals surface area contributed by atoms with Crippen molar-refractivity contribution in [1.82, 2.24) is 20.3 Å². The summed E-state index contributed by atoms with van der Waals surface area (Å²) in [6.07, 6.45) is 0.194. The van der Waals surface area contributed by atoms with Crippen molar-refractivity contribution in [2.24, 2.45) is 5.92 Å². The zero-order valence-electron chi connectivity index (χ0n) is 17.5. The number of aromatic nitrogens is 1. The molecule has 174 valence electrons. The summed E-state index contributed by atoms with van der Waals surface area (Å²) in [7, 11) is -4.14. The molecule has 12 heteroatoms. The van der Waals surface area contributed by atoms with Crippen molar-refractivity contribution >= 4 is 21.8 Å². The number of carbonyl (C=O) groups is 2. The Morgan fingerprint density at radius 2 is 2.00 bits per heavy atom. The van der Waals surface area contributed by atoms with E-state index >= 15 is 0 Å². The number of carbonyl (C=O) groups excluding carboxylic acids is 2. The van der Waals surface area contributed by atoms with Crippen LogP contribution in [0.15, 0.2) is 39.8 Å². The molecular weight excluding hydrogens is 443 g/mol. The molecule has 0 spiro atoms. The van der Waals surface area contributed by atoms with E-state index in [4.69, 9.17) is 4.42 Å². The largest absolute Gasteiger partial charge is 0.446 e. The molecule has 0 saturated heterocycles. The Morgan fingerprint density at radius 1 is 1.31 bits per heavy atom. The predicted octanol–water partition coefficient (Wildman–Crippen LogP) is -0.123. The number of benzene rings is 1. The third kappa shape index (κ3) is 5.69. The van der Waals surface area contributed by atoms with Gasteiger partial charge in [0.2, 0.25) is 15.9 Å². The average Bonchev–Trinajstić information content (AvgIpc) is 3.17. The first-order valence-corrected chi connectivity index (χ1v) is 11.5. The maximum absolute atomic E-state index is 13.1. The van der Waals surface area contributed by atoms with Crippen LogP contribution in [-0.2, 0) is 32.5 Å². The van der Waals surface area contributed by atoms with E-state index in [0.717, 1.165) is 24.3 Å². The minimum absolute atomic E-state index is 0.0249. The molecule has 32 heavy (non-hydrogen) atoms. The predicted molar refractivity (Wildman–Crippen MR) is 110 cm³/mol. The van der Waals surface area contributed by atoms with Gasteiger partial charge in [-0.05, 0) is 30.2 Å². The van der Waals surface area contributed by atoms with Gasteiger partial charge < -0.3 is 20.2 Å². The molecule has 3 rings (SSSR count). The van der Waals surface area contributed by atoms with Crippen LogP contribution in [0.4, 0.5) is 4.39 Å². The molecule has 0 aliphatic carbocycles. The second-order valence-electron chi connectivity index (χ2n) is 7.82. The van der Waals surface area contributed by atoms with Gasteiger partial charge in [0.1, 0.15) is 17.6 Å². The van der Waals surface area contributed by atoms with Crippen LogP contribution in [0.1, 0.15) is 25.5 Å². The van der Waals surface area contributed by atoms with E-state index in [9.17, 15) is 27.5 Å². The van der Waals surface area contributed by atoms with Crippen LogP contribution in [-0.4, -0.2) is 55.1 Å². The van der Waals surface area contributed by atoms with E-state index in [1.54, 1.807) is 13.8 Å². The lowest BCUT2D eigenvalue weighted by molar-refractivity contribution is -0.132. The Bertz CT molecular complexity index is 1070. The number of sulfonamides is 1. The lowest BCUT2D eigenvalue weighted by Crippen LogP contribution is -2.57. The van der Waals surface area contributed by atoms with Gasteiger partial charge in [-0.3, -0.25) is 9.59 Å². The molecule has 4 N–H and O–H groups in total. The number of nitrogens with zero attached hydrogens (tertiary/aromatic N) is 1. The third-order valence-electron chi connectivity index (χ3n) is 4.99. The van der Waals surface area contributed by atoms with Crippen molar-refractivity contribution < 1.29 is 31.9 Å². The highest BCUT2D eigenvalue weighted by molar-refractivity contribution is 7.89. The van der Waals surface area contributed by atoms with Gasteiger partial charge in [-0.2, -0.15) is 4.72 Å². The smallest absolute Gasteiger partial charge is 0.251 e. The number of halogens is 1. The maximum Gasteiger partial charge on any atom is 0.251 e. The number of fused-ring (bicyclic) bond motifs is 2. The fourth-order valence-corrected chi connectivity index (χ4v) is 4.55. The highest BCUT2D eigenvalue weighted by Crippen LogP contribution is 2.15. The number of rotatable bonds is 6. The monoisotopic (exact) mass is 468 g/mol. The number of aliphatic hydroxyl groups excluding tert-OH is 1. The Morgan fingerprint density at radius 3 is 2.66 bits per heavy atom. The van der Waals surface area contributed by atoms with E-state index in [0.29, 0.717) is 18.1 Å². The quantitative estimate of drug-likeness (QED) is 0.461. The number of hydrogen-bond acceptors (Lipinski definition) is 7. The molecule has 1 aromatic carbocycles. The topological polar surface area (TPSA) is 151 Å². The van der Waals surface area contributed by atoms with Gasteiger partial charge in [0, 0.05) is 19.4 Å². The van der Waals surface area contributed by atoms with Crippen LogP contribution < -0.4 is 15.4 Å². The average molecular weight is 469 g/mol. The Hall–Kier alpha value is -2.83. The van der Waals surface area contributed by atoms with E-state index in [1.807, 2.05) is 0 Å². The van der Waals surface area contributed by atoms with Gasteiger partial charge in [-0.15, -0.1) is 0 Å². The van der Waals surface area contributed by atoms with E-state index in [-0.39, 0.29) is 17.9 Å². The molecular formula is C20H25FN4O6S. The fourth-order valence-electron chi connectivity index (χ4n) is 3.21. The van der Waals surface area contributed by atoms with E-state index < -0.39 is 51.8 Å². The first-order chi connectivity index (χ1) is 15.1. The summed E-state index contributed by atoms with van der Waals surface area (Å²) in [5.41, 5.74) is 0. The van der Waals surface area contributed by atoms with Crippen LogP contribution in [0, 0.1) is 11.7 Å². The van der Waals surface area contributed by atoms with Crippen molar-refractivity contribution in [1.29, 1.82) is 0 Å². The summed E-state index contributed by atoms with van der Waals surface area (Å²) in [5.74, 6) is -1.71. The van der Waals surface area contributed by atoms with Crippen molar-refractivity contribution in [3.05, 3.63) is 47.9 Å². The van der Waals surface area contributed by atoms with Gasteiger partial charge in [-0.25, -0.2) is 17.8 Å². The maximum atomic E-state index is 13.1. The van der Waals surface area contributed by atoms with E-state index in [2.05, 4.69) is 20.3 Å². The lowest BCUT2D eigenvalue weighted by Gasteiger charge is -2.27. The van der Waals surface area contributed by atoms with Crippen LogP contribution in [0.3, 0.4) is 0 Å². The molecule has 2 heterocycles. The first kappa shape index (κ1) is 23.8. The Balaban J connectivity index is 1.80. The van der Waals surface area contributed by atoms with Crippen LogP contribution >= 0.6 is 0 Å². The van der Waals surface area contributed by atoms with Gasteiger partial charge in [0.15, 0.2) is 12.0 Å². The molecule has 2 bridgehead atoms. The molecule has 1 aromatic heterocycles. The Kier molecular flexibility index (Phi) is 7.26. The molecule has 3 atom stereocenters. The van der Waals surface area contributed by atoms with Gasteiger partial charge in [0.25, 0.3) is 5.91 Å². The van der Waals surface area contributed by atoms with Crippen LogP contribution in [0.5, 0.6) is 0 Å². The lowest BCUT2D eigenvalue weighted by atomic mass is 10.0. The molecule has 3 unspecified atom stereocenters. The molecule has 2 amide bonds. The fraction of sp³-hybridized carbons (Fsp3) is 0.450. The summed E-state index contributed by atoms with van der Waals surface area (Å²) >= 11 is 0. The summed E-state index contributed by atoms with van der Waals surface area (Å²) in [4.78, 5) is 29.1. The minimum Gasteiger partial charge on any atom is -0.446 e. The highest BCUT2D eigenvalue weighted by atomic mass is 32.2. The molecule has 1 aliphatic heterocycles. The Labute approximate surface area is 184 Å². The molecule has 10 nitrogen and oxygen atoms in total. The minimum atomic E-state index is -4.14. The molecule has 0 saturated carbocycles. The number of nitrogens with one attached hydrogen (secondary N) is 3. The van der Waals surface area contributed by atoms with Gasteiger partial charge in [0.05, 0.1) is 17.1 Å². The number of oxazole rings is 1. The van der Waals surface area contributed by atoms with Crippen molar-refractivity contribution in [2.45, 2.75) is 49.8 Å². The highest BCUT2D eigenvalue weighted by Gasteiger charge is 2.34. The second-order valence-corrected chi connectivity index (χ2v) is 9.54. The van der Waals surface area contributed by atoms with Crippen molar-refractivity contribution in [3.8, 4) is 0 Å². The molecule has 0 fully saturated rings. The number of hydrogen-bond donors (Lipinski definition) is 4. The number of amides is 2. The summed E-state index contributed by atoms with van der Waals surface area (Å²) in [6, 6.07) is 1.87. The van der Waals surface area contributed by atoms with Crippen LogP contribution in [0.25, 0.3) is 0 Å². The normalized spacial score (nSPS) is 20.5. The molecule has 1 aliphatic rings. The third-order valence-corrected chi connectivity index (χ3v) is 6.45. The number of aliphatic hydroxyl groups is 1. The first-order valence-electron chi connectivity index (χ1n) is 10.0. The zero-order valence-corrected chi connectivity index (χ0v) is 18.4. The van der Waals surface area contributed by atoms with E-state index in [1.165, 1.54) is 6.20 Å². The SMILES string of the molecule is CC(C)C(NS(=O)(=O)c1ccc(F)cc1)C(=O)NC1Cc2cnc(o2)CCNC(=O)C1O. The van der Waals surface area contributed by atoms with Crippen molar-refractivity contribution in [3.63, 3.8) is 0 Å².